The smallest absolute Gasteiger partial charge is 0.350 e. The van der Waals surface area contributed by atoms with Gasteiger partial charge in [-0.3, -0.25) is 9.79 Å². The molecule has 0 unspecified atom stereocenters. The molecule has 7 nitrogen and oxygen atoms in total. The van der Waals surface area contributed by atoms with Gasteiger partial charge in [-0.05, 0) is 18.2 Å². The number of fused-ring (bicyclic) bond motifs is 1. The Morgan fingerprint density at radius 1 is 1.44 bits per heavy atom. The van der Waals surface area contributed by atoms with E-state index in [4.69, 9.17) is 4.74 Å². The van der Waals surface area contributed by atoms with Crippen molar-refractivity contribution in [1.29, 1.82) is 0 Å². The molecule has 1 aromatic rings. The molecular weight excluding hydrogens is 360 g/mol. The Kier molecular flexibility index (Phi) is 5.43. The van der Waals surface area contributed by atoms with Crippen molar-refractivity contribution in [2.24, 2.45) is 10.9 Å². The van der Waals surface area contributed by atoms with Crippen LogP contribution in [0, 0.1) is 12.8 Å². The summed E-state index contributed by atoms with van der Waals surface area (Å²) < 4.78 is 5.23. The number of amidine groups is 1. The highest BCUT2D eigenvalue weighted by Crippen LogP contribution is 2.31. The first-order valence-electron chi connectivity index (χ1n) is 8.06. The van der Waals surface area contributed by atoms with Crippen molar-refractivity contribution < 1.29 is 14.3 Å². The predicted molar refractivity (Wildman–Crippen MR) is 99.9 cm³/mol. The molecule has 0 saturated carbocycles. The summed E-state index contributed by atoms with van der Waals surface area (Å²) in [4.78, 5) is 35.5. The van der Waals surface area contributed by atoms with E-state index in [9.17, 15) is 9.59 Å². The van der Waals surface area contributed by atoms with Gasteiger partial charge in [0, 0.05) is 12.2 Å². The molecule has 1 amide bonds. The first-order chi connectivity index (χ1) is 11.9. The van der Waals surface area contributed by atoms with Gasteiger partial charge in [-0.15, -0.1) is 0 Å². The molecule has 134 valence electrons. The molecule has 0 aromatic carbocycles. The molecule has 0 atom stereocenters. The summed E-state index contributed by atoms with van der Waals surface area (Å²) in [5.74, 6) is -0.277. The van der Waals surface area contributed by atoms with Gasteiger partial charge in [-0.25, -0.2) is 9.78 Å². The van der Waals surface area contributed by atoms with Crippen molar-refractivity contribution in [3.63, 3.8) is 0 Å². The van der Waals surface area contributed by atoms with Gasteiger partial charge in [-0.1, -0.05) is 36.9 Å². The molecule has 0 saturated heterocycles. The van der Waals surface area contributed by atoms with E-state index in [0.29, 0.717) is 22.3 Å². The van der Waals surface area contributed by atoms with Crippen molar-refractivity contribution >= 4 is 45.3 Å². The van der Waals surface area contributed by atoms with E-state index in [1.54, 1.807) is 18.7 Å². The van der Waals surface area contributed by atoms with Crippen LogP contribution in [0.3, 0.4) is 0 Å². The Bertz CT molecular complexity index is 755. The van der Waals surface area contributed by atoms with Gasteiger partial charge < -0.3 is 15.0 Å². The van der Waals surface area contributed by atoms with Crippen molar-refractivity contribution in [1.82, 2.24) is 9.88 Å². The molecule has 1 aromatic heterocycles. The predicted octanol–water partition coefficient (Wildman–Crippen LogP) is 2.85. The van der Waals surface area contributed by atoms with E-state index in [0.717, 1.165) is 35.3 Å². The number of carbonyl (C=O) groups excluding carboxylic acids is 2. The number of esters is 1. The van der Waals surface area contributed by atoms with Crippen LogP contribution in [-0.4, -0.2) is 46.6 Å². The molecule has 0 fully saturated rings. The van der Waals surface area contributed by atoms with Crippen LogP contribution in [0.2, 0.25) is 0 Å². The van der Waals surface area contributed by atoms with Gasteiger partial charge in [0.25, 0.3) is 0 Å². The maximum absolute atomic E-state index is 12.3. The average molecular weight is 380 g/mol. The molecule has 2 aliphatic rings. The highest BCUT2D eigenvalue weighted by Gasteiger charge is 2.27. The quantitative estimate of drug-likeness (QED) is 0.764. The summed E-state index contributed by atoms with van der Waals surface area (Å²) in [6, 6.07) is 0. The lowest BCUT2D eigenvalue weighted by Gasteiger charge is -2.15. The molecular formula is C16H20N4O3S2. The van der Waals surface area contributed by atoms with Crippen molar-refractivity contribution in [3.05, 3.63) is 21.7 Å². The number of amides is 1. The largest absolute Gasteiger partial charge is 0.461 e. The number of carbonyl (C=O) groups is 2. The number of aliphatic imine (C=N–C) groups is 1. The number of thioether (sulfide) groups is 1. The molecule has 25 heavy (non-hydrogen) atoms. The fourth-order valence-electron chi connectivity index (χ4n) is 2.39. The molecule has 0 aliphatic carbocycles. The molecule has 0 radical (unpaired) electrons. The van der Waals surface area contributed by atoms with Crippen LogP contribution < -0.4 is 5.32 Å². The number of nitrogens with zero attached hydrogens (tertiary/aromatic N) is 3. The average Bonchev–Trinajstić information content (AvgIpc) is 3.23. The summed E-state index contributed by atoms with van der Waals surface area (Å²) in [7, 11) is 0. The van der Waals surface area contributed by atoms with Crippen LogP contribution in [0.1, 0.15) is 35.6 Å². The van der Waals surface area contributed by atoms with Crippen molar-refractivity contribution in [3.8, 4) is 0 Å². The molecule has 3 heterocycles. The standard InChI is InChI=1S/C16H20N4O3S2/c1-9(2)7-23-14(22)13-10(3)18-15(25-13)19-12(21)6-11-8-24-16-17-4-5-20(11)16/h8-9H,4-7H2,1-3H3,(H,18,19,21). The molecule has 0 spiro atoms. The van der Waals surface area contributed by atoms with E-state index in [-0.39, 0.29) is 18.2 Å². The van der Waals surface area contributed by atoms with Gasteiger partial charge in [0.15, 0.2) is 10.3 Å². The van der Waals surface area contributed by atoms with Crippen LogP contribution >= 0.6 is 23.1 Å². The number of aromatic nitrogens is 1. The summed E-state index contributed by atoms with van der Waals surface area (Å²) in [6.07, 6.45) is 0.262. The third-order valence-electron chi connectivity index (χ3n) is 3.57. The van der Waals surface area contributed by atoms with Gasteiger partial charge >= 0.3 is 5.97 Å². The zero-order valence-corrected chi connectivity index (χ0v) is 16.0. The summed E-state index contributed by atoms with van der Waals surface area (Å²) in [5.41, 5.74) is 1.52. The molecule has 3 rings (SSSR count). The maximum atomic E-state index is 12.3. The van der Waals surface area contributed by atoms with Gasteiger partial charge in [0.1, 0.15) is 4.88 Å². The van der Waals surface area contributed by atoms with Crippen LogP contribution in [-0.2, 0) is 9.53 Å². The Morgan fingerprint density at radius 2 is 2.24 bits per heavy atom. The lowest BCUT2D eigenvalue weighted by atomic mass is 10.2. The summed E-state index contributed by atoms with van der Waals surface area (Å²) in [5, 5.41) is 6.11. The van der Waals surface area contributed by atoms with E-state index < -0.39 is 5.97 Å². The lowest BCUT2D eigenvalue weighted by Crippen LogP contribution is -2.24. The zero-order valence-electron chi connectivity index (χ0n) is 14.4. The van der Waals surface area contributed by atoms with E-state index >= 15 is 0 Å². The second kappa shape index (κ2) is 7.57. The van der Waals surface area contributed by atoms with Crippen LogP contribution in [0.4, 0.5) is 5.13 Å². The van der Waals surface area contributed by atoms with E-state index in [2.05, 4.69) is 20.2 Å². The van der Waals surface area contributed by atoms with Crippen molar-refractivity contribution in [2.75, 3.05) is 25.0 Å². The highest BCUT2D eigenvalue weighted by atomic mass is 32.2. The van der Waals surface area contributed by atoms with Gasteiger partial charge in [-0.2, -0.15) is 0 Å². The SMILES string of the molecule is Cc1nc(NC(=O)CC2=CSC3=NCCN23)sc1C(=O)OCC(C)C. The Hall–Kier alpha value is -1.87. The molecule has 1 N–H and O–H groups in total. The number of nitrogens with one attached hydrogen (secondary N) is 1. The Morgan fingerprint density at radius 3 is 3.00 bits per heavy atom. The minimum Gasteiger partial charge on any atom is -0.461 e. The van der Waals surface area contributed by atoms with Gasteiger partial charge in [0.05, 0.1) is 25.3 Å². The number of rotatable bonds is 6. The number of hydrogen-bond donors (Lipinski definition) is 1. The number of anilines is 1. The monoisotopic (exact) mass is 380 g/mol. The number of ether oxygens (including phenoxy) is 1. The van der Waals surface area contributed by atoms with Crippen LogP contribution in [0.5, 0.6) is 0 Å². The summed E-state index contributed by atoms with van der Waals surface area (Å²) in [6.45, 7) is 7.65. The molecule has 0 bridgehead atoms. The molecule has 2 aliphatic heterocycles. The van der Waals surface area contributed by atoms with Crippen LogP contribution in [0.25, 0.3) is 0 Å². The number of aryl methyl sites for hydroxylation is 1. The maximum Gasteiger partial charge on any atom is 0.350 e. The minimum absolute atomic E-state index is 0.157. The number of hydrogen-bond acceptors (Lipinski definition) is 8. The van der Waals surface area contributed by atoms with E-state index in [1.165, 1.54) is 0 Å². The van der Waals surface area contributed by atoms with Crippen molar-refractivity contribution in [2.45, 2.75) is 27.2 Å². The normalized spacial score (nSPS) is 15.9. The Balaban J connectivity index is 1.58. The van der Waals surface area contributed by atoms with Gasteiger partial charge in [0.2, 0.25) is 5.91 Å². The topological polar surface area (TPSA) is 83.9 Å². The first-order valence-corrected chi connectivity index (χ1v) is 9.75. The lowest BCUT2D eigenvalue weighted by molar-refractivity contribution is -0.115. The van der Waals surface area contributed by atoms with E-state index in [1.807, 2.05) is 19.3 Å². The first kappa shape index (κ1) is 17.9. The second-order valence-corrected chi connectivity index (χ2v) is 8.03. The zero-order chi connectivity index (χ0) is 18.0. The fraction of sp³-hybridized carbons (Fsp3) is 0.500. The Labute approximate surface area is 154 Å². The molecule has 9 heteroatoms. The summed E-state index contributed by atoms with van der Waals surface area (Å²) >= 11 is 2.69. The third-order valence-corrected chi connectivity index (χ3v) is 5.57. The minimum atomic E-state index is -0.392. The van der Waals surface area contributed by atoms with Crippen LogP contribution in [0.15, 0.2) is 16.1 Å². The fourth-order valence-corrected chi connectivity index (χ4v) is 4.22. The number of thiazole rings is 1. The second-order valence-electron chi connectivity index (χ2n) is 6.19. The highest BCUT2D eigenvalue weighted by molar-refractivity contribution is 8.16. The third kappa shape index (κ3) is 4.21.